The molecule has 0 aliphatic heterocycles. The fraction of sp³-hybridized carbons (Fsp3) is 0.667. The van der Waals surface area contributed by atoms with Crippen LogP contribution in [0.25, 0.3) is 0 Å². The van der Waals surface area contributed by atoms with E-state index in [2.05, 4.69) is 4.98 Å². The van der Waals surface area contributed by atoms with Crippen LogP contribution >= 0.6 is 0 Å². The van der Waals surface area contributed by atoms with Gasteiger partial charge in [0.15, 0.2) is 0 Å². The van der Waals surface area contributed by atoms with Gasteiger partial charge in [-0.2, -0.15) is 0 Å². The van der Waals surface area contributed by atoms with Gasteiger partial charge in [-0.05, 0) is 13.8 Å². The van der Waals surface area contributed by atoms with Crippen LogP contribution in [0.2, 0.25) is 0 Å². The number of hydrogen-bond donors (Lipinski definition) is 1. The van der Waals surface area contributed by atoms with Crippen molar-refractivity contribution in [3.05, 3.63) is 17.7 Å². The molecular weight excluding hydrogens is 152 g/mol. The molecule has 1 rings (SSSR count). The number of hydrogen-bond acceptors (Lipinski definition) is 2. The molecule has 0 fully saturated rings. The van der Waals surface area contributed by atoms with Gasteiger partial charge in [-0.1, -0.05) is 13.8 Å². The van der Waals surface area contributed by atoms with Gasteiger partial charge in [0.25, 0.3) is 0 Å². The van der Waals surface area contributed by atoms with Crippen LogP contribution in [0.5, 0.6) is 0 Å². The summed E-state index contributed by atoms with van der Waals surface area (Å²) in [5.74, 6) is 0.964. The van der Waals surface area contributed by atoms with E-state index >= 15 is 0 Å². The van der Waals surface area contributed by atoms with Gasteiger partial charge >= 0.3 is 0 Å². The zero-order valence-electron chi connectivity index (χ0n) is 8.33. The molecule has 1 N–H and O–H groups in total. The Balaban J connectivity index is 0.000000561. The summed E-state index contributed by atoms with van der Waals surface area (Å²) in [7, 11) is 0. The van der Waals surface area contributed by atoms with Crippen LogP contribution in [0, 0.1) is 13.8 Å². The first-order chi connectivity index (χ1) is 5.75. The van der Waals surface area contributed by atoms with Gasteiger partial charge < -0.3 is 9.67 Å². The monoisotopic (exact) mass is 170 g/mol. The van der Waals surface area contributed by atoms with Gasteiger partial charge in [0.1, 0.15) is 5.82 Å². The fourth-order valence-electron chi connectivity index (χ4n) is 1.02. The highest BCUT2D eigenvalue weighted by Crippen LogP contribution is 2.01. The number of aryl methyl sites for hydroxylation is 2. The minimum Gasteiger partial charge on any atom is -0.395 e. The highest BCUT2D eigenvalue weighted by molar-refractivity contribution is 5.01. The van der Waals surface area contributed by atoms with Gasteiger partial charge in [-0.25, -0.2) is 4.98 Å². The summed E-state index contributed by atoms with van der Waals surface area (Å²) >= 11 is 0. The van der Waals surface area contributed by atoms with Crippen LogP contribution in [-0.2, 0) is 6.54 Å². The fourth-order valence-corrected chi connectivity index (χ4v) is 1.02. The van der Waals surface area contributed by atoms with Crippen molar-refractivity contribution in [3.63, 3.8) is 0 Å². The molecule has 0 aromatic carbocycles. The Bertz CT molecular complexity index is 199. The summed E-state index contributed by atoms with van der Waals surface area (Å²) in [6.45, 7) is 8.74. The molecule has 0 unspecified atom stereocenters. The molecule has 0 aliphatic rings. The molecule has 0 atom stereocenters. The second kappa shape index (κ2) is 5.77. The molecule has 12 heavy (non-hydrogen) atoms. The van der Waals surface area contributed by atoms with Crippen molar-refractivity contribution in [1.82, 2.24) is 9.55 Å². The van der Waals surface area contributed by atoms with Crippen LogP contribution < -0.4 is 0 Å². The first kappa shape index (κ1) is 11.2. The molecule has 0 saturated heterocycles. The van der Waals surface area contributed by atoms with E-state index in [1.54, 1.807) is 0 Å². The smallest absolute Gasteiger partial charge is 0.105 e. The Hall–Kier alpha value is -0.830. The van der Waals surface area contributed by atoms with Crippen molar-refractivity contribution >= 4 is 0 Å². The molecule has 1 aromatic heterocycles. The first-order valence-electron chi connectivity index (χ1n) is 4.35. The summed E-state index contributed by atoms with van der Waals surface area (Å²) in [5.41, 5.74) is 1.10. The lowest BCUT2D eigenvalue weighted by atomic mass is 10.5. The van der Waals surface area contributed by atoms with E-state index in [0.29, 0.717) is 6.54 Å². The van der Waals surface area contributed by atoms with Gasteiger partial charge in [-0.3, -0.25) is 0 Å². The molecule has 0 radical (unpaired) electrons. The van der Waals surface area contributed by atoms with E-state index in [1.807, 2.05) is 38.5 Å². The zero-order valence-corrected chi connectivity index (χ0v) is 8.33. The van der Waals surface area contributed by atoms with E-state index < -0.39 is 0 Å². The average Bonchev–Trinajstić information content (AvgIpc) is 2.40. The van der Waals surface area contributed by atoms with E-state index in [-0.39, 0.29) is 6.61 Å². The Kier molecular flexibility index (Phi) is 5.37. The molecule has 0 aliphatic carbocycles. The maximum Gasteiger partial charge on any atom is 0.105 e. The summed E-state index contributed by atoms with van der Waals surface area (Å²) in [6.07, 6.45) is 1.81. The second-order valence-electron chi connectivity index (χ2n) is 2.32. The average molecular weight is 170 g/mol. The third-order valence-electron chi connectivity index (χ3n) is 1.58. The normalized spacial score (nSPS) is 9.08. The minimum atomic E-state index is 0.179. The summed E-state index contributed by atoms with van der Waals surface area (Å²) in [4.78, 5) is 4.09. The molecule has 0 spiro atoms. The summed E-state index contributed by atoms with van der Waals surface area (Å²) in [6, 6.07) is 0. The zero-order chi connectivity index (χ0) is 9.56. The van der Waals surface area contributed by atoms with Crippen molar-refractivity contribution < 1.29 is 5.11 Å². The maximum absolute atomic E-state index is 8.64. The molecule has 1 aromatic rings. The molecule has 70 valence electrons. The first-order valence-corrected chi connectivity index (χ1v) is 4.35. The summed E-state index contributed by atoms with van der Waals surface area (Å²) in [5, 5.41) is 8.64. The topological polar surface area (TPSA) is 38.0 Å². The van der Waals surface area contributed by atoms with E-state index in [0.717, 1.165) is 11.5 Å². The van der Waals surface area contributed by atoms with Crippen molar-refractivity contribution in [3.8, 4) is 0 Å². The molecule has 0 saturated carbocycles. The van der Waals surface area contributed by atoms with Crippen molar-refractivity contribution in [2.75, 3.05) is 6.61 Å². The highest BCUT2D eigenvalue weighted by Gasteiger charge is 1.99. The quantitative estimate of drug-likeness (QED) is 0.730. The van der Waals surface area contributed by atoms with E-state index in [1.165, 1.54) is 0 Å². The van der Waals surface area contributed by atoms with Crippen LogP contribution in [-0.4, -0.2) is 21.3 Å². The van der Waals surface area contributed by atoms with Crippen molar-refractivity contribution in [2.45, 2.75) is 34.2 Å². The molecular formula is C9H18N2O. The standard InChI is InChI=1S/C7H12N2O.C2H6/c1-6-5-8-7(2)9(6)3-4-10;1-2/h5,10H,3-4H2,1-2H3;1-2H3. The largest absolute Gasteiger partial charge is 0.395 e. The van der Waals surface area contributed by atoms with Gasteiger partial charge in [0.05, 0.1) is 6.61 Å². The van der Waals surface area contributed by atoms with Gasteiger partial charge in [0, 0.05) is 18.4 Å². The lowest BCUT2D eigenvalue weighted by Crippen LogP contribution is -2.05. The van der Waals surface area contributed by atoms with Crippen LogP contribution in [0.1, 0.15) is 25.4 Å². The van der Waals surface area contributed by atoms with Crippen LogP contribution in [0.3, 0.4) is 0 Å². The summed E-state index contributed by atoms with van der Waals surface area (Å²) < 4.78 is 1.99. The predicted molar refractivity (Wildman–Crippen MR) is 50.1 cm³/mol. The van der Waals surface area contributed by atoms with Gasteiger partial charge in [0.2, 0.25) is 0 Å². The lowest BCUT2D eigenvalue weighted by molar-refractivity contribution is 0.273. The third-order valence-corrected chi connectivity index (χ3v) is 1.58. The Morgan fingerprint density at radius 1 is 1.42 bits per heavy atom. The molecule has 0 amide bonds. The number of rotatable bonds is 2. The maximum atomic E-state index is 8.64. The minimum absolute atomic E-state index is 0.179. The number of aliphatic hydroxyl groups excluding tert-OH is 1. The van der Waals surface area contributed by atoms with Crippen LogP contribution in [0.4, 0.5) is 0 Å². The highest BCUT2D eigenvalue weighted by atomic mass is 16.3. The molecule has 3 heteroatoms. The van der Waals surface area contributed by atoms with Crippen molar-refractivity contribution in [1.29, 1.82) is 0 Å². The van der Waals surface area contributed by atoms with E-state index in [4.69, 9.17) is 5.11 Å². The molecule has 1 heterocycles. The Morgan fingerprint density at radius 3 is 2.33 bits per heavy atom. The number of imidazole rings is 1. The Labute approximate surface area is 74.1 Å². The van der Waals surface area contributed by atoms with Crippen molar-refractivity contribution in [2.24, 2.45) is 0 Å². The number of nitrogens with zero attached hydrogens (tertiary/aromatic N) is 2. The number of aliphatic hydroxyl groups is 1. The number of aromatic nitrogens is 2. The second-order valence-corrected chi connectivity index (χ2v) is 2.32. The SMILES string of the molecule is CC.Cc1cnc(C)n1CCO. The van der Waals surface area contributed by atoms with Gasteiger partial charge in [-0.15, -0.1) is 0 Å². The Morgan fingerprint density at radius 2 is 2.00 bits per heavy atom. The molecule has 3 nitrogen and oxygen atoms in total. The lowest BCUT2D eigenvalue weighted by Gasteiger charge is -2.03. The molecule has 0 bridgehead atoms. The van der Waals surface area contributed by atoms with E-state index in [9.17, 15) is 0 Å². The van der Waals surface area contributed by atoms with Crippen LogP contribution in [0.15, 0.2) is 6.20 Å². The predicted octanol–water partition coefficient (Wildman–Crippen LogP) is 1.52. The third kappa shape index (κ3) is 2.66.